The van der Waals surface area contributed by atoms with Crippen LogP contribution in [0.15, 0.2) is 0 Å². The minimum absolute atomic E-state index is 0.0602. The molecule has 8 heavy (non-hydrogen) atoms. The summed E-state index contributed by atoms with van der Waals surface area (Å²) in [6, 6.07) is 2.15. The molecule has 0 aromatic rings. The van der Waals surface area contributed by atoms with Crippen molar-refractivity contribution < 1.29 is 0 Å². The second kappa shape index (κ2) is 2.23. The molecule has 0 unspecified atom stereocenters. The van der Waals surface area contributed by atoms with Crippen LogP contribution in [0.3, 0.4) is 0 Å². The van der Waals surface area contributed by atoms with Gasteiger partial charge in [-0.25, -0.2) is 0 Å². The van der Waals surface area contributed by atoms with Gasteiger partial charge in [-0.2, -0.15) is 5.26 Å². The lowest BCUT2D eigenvalue weighted by Gasteiger charge is -1.92. The second-order valence-corrected chi connectivity index (χ2v) is 2.40. The van der Waals surface area contributed by atoms with Crippen LogP contribution in [0.25, 0.3) is 0 Å². The molecule has 1 fully saturated rings. The van der Waals surface area contributed by atoms with E-state index in [1.54, 1.807) is 5.37 Å². The Hall–Kier alpha value is -0.420. The molecule has 0 aromatic heterocycles. The van der Waals surface area contributed by atoms with Crippen molar-refractivity contribution in [2.45, 2.75) is 12.8 Å². The molecule has 0 spiro atoms. The van der Waals surface area contributed by atoms with Crippen molar-refractivity contribution >= 4 is 17.6 Å². The van der Waals surface area contributed by atoms with Crippen molar-refractivity contribution in [2.24, 2.45) is 11.8 Å². The van der Waals surface area contributed by atoms with E-state index in [0.717, 1.165) is 0 Å². The van der Waals surface area contributed by atoms with Gasteiger partial charge in [-0.05, 0) is 24.1 Å². The van der Waals surface area contributed by atoms with Gasteiger partial charge in [0.2, 0.25) is 0 Å². The third-order valence-electron chi connectivity index (χ3n) is 1.43. The third kappa shape index (κ3) is 1.05. The van der Waals surface area contributed by atoms with E-state index in [1.165, 1.54) is 12.8 Å². The van der Waals surface area contributed by atoms with E-state index in [-0.39, 0.29) is 5.92 Å². The maximum absolute atomic E-state index is 8.39. The summed E-state index contributed by atoms with van der Waals surface area (Å²) in [4.78, 5) is 0. The van der Waals surface area contributed by atoms with Crippen LogP contribution in [0.5, 0.6) is 0 Å². The number of nitriles is 1. The highest BCUT2D eigenvalue weighted by atomic mass is 32.1. The van der Waals surface area contributed by atoms with E-state index in [2.05, 4.69) is 18.3 Å². The second-order valence-electron chi connectivity index (χ2n) is 2.13. The smallest absolute Gasteiger partial charge is 0.0773 e. The molecular formula is C6H7NS. The Morgan fingerprint density at radius 3 is 2.50 bits per heavy atom. The fourth-order valence-electron chi connectivity index (χ4n) is 0.702. The van der Waals surface area contributed by atoms with Crippen LogP contribution in [0.1, 0.15) is 12.8 Å². The number of rotatable bonds is 2. The average molecular weight is 125 g/mol. The molecule has 1 aliphatic carbocycles. The summed E-state index contributed by atoms with van der Waals surface area (Å²) in [5.74, 6) is 0.669. The molecular weight excluding hydrogens is 118 g/mol. The molecule has 0 N–H and O–H groups in total. The topological polar surface area (TPSA) is 23.8 Å². The first-order valence-electron chi connectivity index (χ1n) is 2.73. The first-order valence-corrected chi connectivity index (χ1v) is 3.20. The summed E-state index contributed by atoms with van der Waals surface area (Å²) in [6.45, 7) is 0. The zero-order chi connectivity index (χ0) is 5.98. The Morgan fingerprint density at radius 2 is 2.38 bits per heavy atom. The lowest BCUT2D eigenvalue weighted by Crippen LogP contribution is -1.97. The number of hydrogen-bond acceptors (Lipinski definition) is 2. The summed E-state index contributed by atoms with van der Waals surface area (Å²) in [5, 5.41) is 9.97. The van der Waals surface area contributed by atoms with E-state index < -0.39 is 0 Å². The summed E-state index contributed by atoms with van der Waals surface area (Å²) >= 11 is 4.64. The minimum Gasteiger partial charge on any atom is -0.198 e. The monoisotopic (exact) mass is 125 g/mol. The molecule has 42 valence electrons. The fraction of sp³-hybridized carbons (Fsp3) is 0.667. The van der Waals surface area contributed by atoms with Crippen LogP contribution in [-0.4, -0.2) is 5.37 Å². The first-order chi connectivity index (χ1) is 3.88. The van der Waals surface area contributed by atoms with Gasteiger partial charge in [0.1, 0.15) is 0 Å². The molecule has 1 saturated carbocycles. The maximum atomic E-state index is 8.39. The Balaban J connectivity index is 2.39. The Morgan fingerprint density at radius 1 is 1.75 bits per heavy atom. The van der Waals surface area contributed by atoms with Crippen LogP contribution in [0.4, 0.5) is 0 Å². The number of hydrogen-bond donors (Lipinski definition) is 0. The van der Waals surface area contributed by atoms with Gasteiger partial charge in [0, 0.05) is 0 Å². The Bertz CT molecular complexity index is 132. The van der Waals surface area contributed by atoms with Crippen LogP contribution in [-0.2, 0) is 0 Å². The summed E-state index contributed by atoms with van der Waals surface area (Å²) in [6.07, 6.45) is 2.40. The van der Waals surface area contributed by atoms with Gasteiger partial charge in [0.05, 0.1) is 12.0 Å². The number of thiocarbonyl (C=S) groups is 1. The van der Waals surface area contributed by atoms with Crippen molar-refractivity contribution in [3.63, 3.8) is 0 Å². The van der Waals surface area contributed by atoms with Gasteiger partial charge in [0.25, 0.3) is 0 Å². The molecule has 0 aromatic carbocycles. The lowest BCUT2D eigenvalue weighted by atomic mass is 10.1. The summed E-state index contributed by atoms with van der Waals surface area (Å²) in [5.41, 5.74) is 0. The van der Waals surface area contributed by atoms with Gasteiger partial charge in [-0.3, -0.25) is 0 Å². The van der Waals surface area contributed by atoms with E-state index in [9.17, 15) is 0 Å². The highest BCUT2D eigenvalue weighted by molar-refractivity contribution is 7.79. The third-order valence-corrected chi connectivity index (χ3v) is 1.72. The molecule has 0 radical (unpaired) electrons. The summed E-state index contributed by atoms with van der Waals surface area (Å²) < 4.78 is 0. The van der Waals surface area contributed by atoms with Crippen molar-refractivity contribution in [1.29, 1.82) is 5.26 Å². The average Bonchev–Trinajstić information content (AvgIpc) is 2.53. The SMILES string of the molecule is N#C[C@@H](C=S)C1CC1. The largest absolute Gasteiger partial charge is 0.198 e. The molecule has 2 heteroatoms. The zero-order valence-corrected chi connectivity index (χ0v) is 5.32. The van der Waals surface area contributed by atoms with Crippen molar-refractivity contribution in [3.8, 4) is 6.07 Å². The lowest BCUT2D eigenvalue weighted by molar-refractivity contribution is 0.766. The van der Waals surface area contributed by atoms with Gasteiger partial charge in [-0.1, -0.05) is 12.2 Å². The Labute approximate surface area is 54.3 Å². The van der Waals surface area contributed by atoms with Gasteiger partial charge in [-0.15, -0.1) is 0 Å². The van der Waals surface area contributed by atoms with E-state index >= 15 is 0 Å². The van der Waals surface area contributed by atoms with E-state index in [4.69, 9.17) is 5.26 Å². The maximum Gasteiger partial charge on any atom is 0.0773 e. The molecule has 0 aliphatic heterocycles. The minimum atomic E-state index is 0.0602. The van der Waals surface area contributed by atoms with Gasteiger partial charge in [0.15, 0.2) is 0 Å². The van der Waals surface area contributed by atoms with Crippen LogP contribution >= 0.6 is 12.2 Å². The molecule has 0 saturated heterocycles. The Kier molecular flexibility index (Phi) is 1.59. The molecule has 0 bridgehead atoms. The normalized spacial score (nSPS) is 21.4. The molecule has 1 atom stereocenters. The fourth-order valence-corrected chi connectivity index (χ4v) is 0.985. The zero-order valence-electron chi connectivity index (χ0n) is 4.50. The van der Waals surface area contributed by atoms with Crippen molar-refractivity contribution in [2.75, 3.05) is 0 Å². The highest BCUT2D eigenvalue weighted by Gasteiger charge is 2.29. The van der Waals surface area contributed by atoms with Crippen LogP contribution in [0.2, 0.25) is 0 Å². The molecule has 1 nitrogen and oxygen atoms in total. The van der Waals surface area contributed by atoms with Crippen molar-refractivity contribution in [1.82, 2.24) is 0 Å². The molecule has 1 rings (SSSR count). The predicted octanol–water partition coefficient (Wildman–Crippen LogP) is 1.54. The number of nitrogens with zero attached hydrogens (tertiary/aromatic N) is 1. The summed E-state index contributed by atoms with van der Waals surface area (Å²) in [7, 11) is 0. The molecule has 0 amide bonds. The van der Waals surface area contributed by atoms with Crippen LogP contribution < -0.4 is 0 Å². The molecule has 1 aliphatic rings. The standard InChI is InChI=1S/C6H7NS/c7-3-6(4-8)5-1-2-5/h4-6H,1-2H2/t6-/m0/s1. The molecule has 0 heterocycles. The van der Waals surface area contributed by atoms with Gasteiger partial charge >= 0.3 is 0 Å². The van der Waals surface area contributed by atoms with Crippen molar-refractivity contribution in [3.05, 3.63) is 0 Å². The van der Waals surface area contributed by atoms with Crippen LogP contribution in [0, 0.1) is 23.2 Å². The van der Waals surface area contributed by atoms with Gasteiger partial charge < -0.3 is 0 Å². The van der Waals surface area contributed by atoms with E-state index in [0.29, 0.717) is 5.92 Å². The quantitative estimate of drug-likeness (QED) is 0.523. The highest BCUT2D eigenvalue weighted by Crippen LogP contribution is 2.35. The first kappa shape index (κ1) is 5.71. The predicted molar refractivity (Wildman–Crippen MR) is 35.5 cm³/mol. The van der Waals surface area contributed by atoms with E-state index in [1.807, 2.05) is 0 Å².